The summed E-state index contributed by atoms with van der Waals surface area (Å²) in [6.45, 7) is 3.42. The molecule has 1 aliphatic heterocycles. The van der Waals surface area contributed by atoms with E-state index in [2.05, 4.69) is 6.92 Å². The molecule has 1 amide bonds. The largest absolute Gasteiger partial charge is 0.335 e. The van der Waals surface area contributed by atoms with Crippen LogP contribution in [0.1, 0.15) is 23.7 Å². The minimum Gasteiger partial charge on any atom is -0.335 e. The summed E-state index contributed by atoms with van der Waals surface area (Å²) < 4.78 is 1.79. The Bertz CT molecular complexity index is 920. The van der Waals surface area contributed by atoms with Crippen LogP contribution in [0.4, 0.5) is 0 Å². The molecule has 5 nitrogen and oxygen atoms in total. The van der Waals surface area contributed by atoms with E-state index in [1.807, 2.05) is 71.8 Å². The van der Waals surface area contributed by atoms with Crippen LogP contribution < -0.4 is 5.73 Å². The topological polar surface area (TPSA) is 64.2 Å². The molecule has 1 saturated heterocycles. The monoisotopic (exact) mass is 360 g/mol. The molecule has 4 rings (SSSR count). The standard InChI is InChI=1S/C22H24N4O/c1-16-12-17(13-23)14-25(16)22(27)20-15-26(19-10-6-3-7-11-19)24-21(20)18-8-4-2-5-9-18/h2-11,15-17H,12-14,23H2,1H3. The summed E-state index contributed by atoms with van der Waals surface area (Å²) in [4.78, 5) is 15.3. The molecule has 0 spiro atoms. The normalized spacial score (nSPS) is 19.4. The first-order valence-electron chi connectivity index (χ1n) is 9.39. The van der Waals surface area contributed by atoms with Crippen LogP contribution in [-0.4, -0.2) is 39.7 Å². The lowest BCUT2D eigenvalue weighted by molar-refractivity contribution is 0.0744. The first kappa shape index (κ1) is 17.5. The van der Waals surface area contributed by atoms with E-state index in [-0.39, 0.29) is 11.9 Å². The van der Waals surface area contributed by atoms with Crippen molar-refractivity contribution in [1.29, 1.82) is 0 Å². The number of nitrogens with zero attached hydrogens (tertiary/aromatic N) is 3. The van der Waals surface area contributed by atoms with Gasteiger partial charge in [-0.2, -0.15) is 5.10 Å². The van der Waals surface area contributed by atoms with Crippen molar-refractivity contribution in [3.8, 4) is 16.9 Å². The van der Waals surface area contributed by atoms with E-state index in [1.54, 1.807) is 4.68 Å². The lowest BCUT2D eigenvalue weighted by atomic mass is 10.1. The van der Waals surface area contributed by atoms with E-state index in [0.29, 0.717) is 30.3 Å². The van der Waals surface area contributed by atoms with E-state index < -0.39 is 0 Å². The Balaban J connectivity index is 1.77. The van der Waals surface area contributed by atoms with E-state index in [9.17, 15) is 4.79 Å². The minimum absolute atomic E-state index is 0.0273. The molecule has 0 bridgehead atoms. The van der Waals surface area contributed by atoms with Crippen molar-refractivity contribution >= 4 is 5.91 Å². The van der Waals surface area contributed by atoms with Crippen molar-refractivity contribution in [3.63, 3.8) is 0 Å². The second kappa shape index (κ2) is 7.37. The van der Waals surface area contributed by atoms with Gasteiger partial charge < -0.3 is 10.6 Å². The third kappa shape index (κ3) is 3.38. The first-order valence-corrected chi connectivity index (χ1v) is 9.39. The van der Waals surface area contributed by atoms with Gasteiger partial charge >= 0.3 is 0 Å². The van der Waals surface area contributed by atoms with Crippen molar-refractivity contribution in [2.24, 2.45) is 11.7 Å². The van der Waals surface area contributed by atoms with E-state index in [0.717, 1.165) is 17.7 Å². The number of likely N-dealkylation sites (tertiary alicyclic amines) is 1. The van der Waals surface area contributed by atoms with Gasteiger partial charge in [-0.3, -0.25) is 4.79 Å². The molecular formula is C22H24N4O. The van der Waals surface area contributed by atoms with Gasteiger partial charge in [0.1, 0.15) is 5.69 Å². The molecular weight excluding hydrogens is 336 g/mol. The number of carbonyl (C=O) groups excluding carboxylic acids is 1. The average Bonchev–Trinajstić information content (AvgIpc) is 3.33. The summed E-state index contributed by atoms with van der Waals surface area (Å²) in [6, 6.07) is 19.9. The molecule has 5 heteroatoms. The summed E-state index contributed by atoms with van der Waals surface area (Å²) in [6.07, 6.45) is 2.80. The van der Waals surface area contributed by atoms with Crippen LogP contribution in [0.5, 0.6) is 0 Å². The zero-order valence-electron chi connectivity index (χ0n) is 15.5. The summed E-state index contributed by atoms with van der Waals surface area (Å²) in [5.41, 5.74) is 9.07. The van der Waals surface area contributed by atoms with Crippen LogP contribution >= 0.6 is 0 Å². The number of hydrogen-bond acceptors (Lipinski definition) is 3. The summed E-state index contributed by atoms with van der Waals surface area (Å²) in [7, 11) is 0. The van der Waals surface area contributed by atoms with Crippen LogP contribution in [0.15, 0.2) is 66.9 Å². The Labute approximate surface area is 159 Å². The highest BCUT2D eigenvalue weighted by Gasteiger charge is 2.34. The van der Waals surface area contributed by atoms with Crippen LogP contribution in [-0.2, 0) is 0 Å². The first-order chi connectivity index (χ1) is 13.2. The molecule has 1 aromatic heterocycles. The molecule has 2 aromatic carbocycles. The second-order valence-corrected chi connectivity index (χ2v) is 7.18. The molecule has 2 unspecified atom stereocenters. The molecule has 2 heterocycles. The fourth-order valence-corrected chi connectivity index (χ4v) is 3.80. The van der Waals surface area contributed by atoms with Crippen molar-refractivity contribution in [3.05, 3.63) is 72.4 Å². The van der Waals surface area contributed by atoms with Crippen molar-refractivity contribution in [2.75, 3.05) is 13.1 Å². The highest BCUT2D eigenvalue weighted by Crippen LogP contribution is 2.29. The van der Waals surface area contributed by atoms with Crippen molar-refractivity contribution in [1.82, 2.24) is 14.7 Å². The molecule has 0 aliphatic carbocycles. The smallest absolute Gasteiger partial charge is 0.257 e. The fraction of sp³-hybridized carbons (Fsp3) is 0.273. The average molecular weight is 360 g/mol. The second-order valence-electron chi connectivity index (χ2n) is 7.18. The lowest BCUT2D eigenvalue weighted by Gasteiger charge is -2.21. The molecule has 138 valence electrons. The lowest BCUT2D eigenvalue weighted by Crippen LogP contribution is -2.34. The van der Waals surface area contributed by atoms with Gasteiger partial charge in [0.25, 0.3) is 5.91 Å². The zero-order chi connectivity index (χ0) is 18.8. The number of aromatic nitrogens is 2. The maximum absolute atomic E-state index is 13.4. The number of nitrogens with two attached hydrogens (primary N) is 1. The van der Waals surface area contributed by atoms with Crippen LogP contribution in [0, 0.1) is 5.92 Å². The van der Waals surface area contributed by atoms with Gasteiger partial charge in [0, 0.05) is 24.3 Å². The molecule has 2 N–H and O–H groups in total. The quantitative estimate of drug-likeness (QED) is 0.776. The van der Waals surface area contributed by atoms with Gasteiger partial charge in [-0.15, -0.1) is 0 Å². The fourth-order valence-electron chi connectivity index (χ4n) is 3.80. The SMILES string of the molecule is CC1CC(CN)CN1C(=O)c1cn(-c2ccccc2)nc1-c1ccccc1. The molecule has 27 heavy (non-hydrogen) atoms. The summed E-state index contributed by atoms with van der Waals surface area (Å²) >= 11 is 0. The highest BCUT2D eigenvalue weighted by molar-refractivity contribution is 6.00. The Hall–Kier alpha value is -2.92. The summed E-state index contributed by atoms with van der Waals surface area (Å²) in [5.74, 6) is 0.396. The van der Waals surface area contributed by atoms with Crippen molar-refractivity contribution < 1.29 is 4.79 Å². The van der Waals surface area contributed by atoms with Gasteiger partial charge in [-0.1, -0.05) is 48.5 Å². The number of para-hydroxylation sites is 1. The maximum Gasteiger partial charge on any atom is 0.257 e. The minimum atomic E-state index is 0.0273. The Morgan fingerprint density at radius 1 is 1.11 bits per heavy atom. The molecule has 3 aromatic rings. The Kier molecular flexibility index (Phi) is 4.77. The van der Waals surface area contributed by atoms with Crippen LogP contribution in [0.2, 0.25) is 0 Å². The number of benzene rings is 2. The van der Waals surface area contributed by atoms with Crippen molar-refractivity contribution in [2.45, 2.75) is 19.4 Å². The van der Waals surface area contributed by atoms with Crippen LogP contribution in [0.25, 0.3) is 16.9 Å². The van der Waals surface area contributed by atoms with Gasteiger partial charge in [-0.25, -0.2) is 4.68 Å². The summed E-state index contributed by atoms with van der Waals surface area (Å²) in [5, 5.41) is 4.75. The predicted octanol–water partition coefficient (Wildman–Crippen LogP) is 3.35. The Morgan fingerprint density at radius 3 is 2.41 bits per heavy atom. The van der Waals surface area contributed by atoms with Gasteiger partial charge in [0.05, 0.1) is 11.3 Å². The van der Waals surface area contributed by atoms with Gasteiger partial charge in [0.2, 0.25) is 0 Å². The van der Waals surface area contributed by atoms with Crippen LogP contribution in [0.3, 0.4) is 0 Å². The number of amides is 1. The van der Waals surface area contributed by atoms with E-state index >= 15 is 0 Å². The number of carbonyl (C=O) groups is 1. The van der Waals surface area contributed by atoms with E-state index in [4.69, 9.17) is 10.8 Å². The number of hydrogen-bond donors (Lipinski definition) is 1. The predicted molar refractivity (Wildman–Crippen MR) is 107 cm³/mol. The zero-order valence-corrected chi connectivity index (χ0v) is 15.5. The molecule has 0 radical (unpaired) electrons. The van der Waals surface area contributed by atoms with Gasteiger partial charge in [0.15, 0.2) is 0 Å². The molecule has 1 fully saturated rings. The number of rotatable bonds is 4. The molecule has 0 saturated carbocycles. The maximum atomic E-state index is 13.4. The molecule has 1 aliphatic rings. The highest BCUT2D eigenvalue weighted by atomic mass is 16.2. The van der Waals surface area contributed by atoms with Gasteiger partial charge in [-0.05, 0) is 37.9 Å². The third-order valence-corrected chi connectivity index (χ3v) is 5.27. The third-order valence-electron chi connectivity index (χ3n) is 5.27. The van der Waals surface area contributed by atoms with E-state index in [1.165, 1.54) is 0 Å². The Morgan fingerprint density at radius 2 is 1.78 bits per heavy atom. The molecule has 2 atom stereocenters.